The molecule has 0 heterocycles. The van der Waals surface area contributed by atoms with Crippen LogP contribution in [0.4, 0.5) is 4.39 Å². The molecular weight excluding hydrogens is 424 g/mol. The Bertz CT molecular complexity index is 469. The third-order valence-electron chi connectivity index (χ3n) is 3.01. The average Bonchev–Trinajstić information content (AvgIpc) is 2.52. The first-order valence-electron chi connectivity index (χ1n) is 8.09. The number of nitrogens with zero attached hydrogens (tertiary/aromatic N) is 1. The number of benzene rings is 1. The van der Waals surface area contributed by atoms with E-state index in [0.717, 1.165) is 11.3 Å². The van der Waals surface area contributed by atoms with Crippen molar-refractivity contribution >= 4 is 29.9 Å². The molecule has 1 rings (SSSR count). The number of aliphatic hydroxyl groups excluding tert-OH is 1. The van der Waals surface area contributed by atoms with Gasteiger partial charge in [0.15, 0.2) is 5.96 Å². The molecule has 24 heavy (non-hydrogen) atoms. The average molecular weight is 453 g/mol. The van der Waals surface area contributed by atoms with Crippen LogP contribution in [0, 0.1) is 0 Å². The van der Waals surface area contributed by atoms with Crippen LogP contribution in [0.2, 0.25) is 0 Å². The zero-order valence-corrected chi connectivity index (χ0v) is 16.9. The summed E-state index contributed by atoms with van der Waals surface area (Å²) in [5.41, 5.74) is 0.782. The van der Waals surface area contributed by atoms with Gasteiger partial charge in [-0.2, -0.15) is 0 Å². The second kappa shape index (κ2) is 13.2. The quantitative estimate of drug-likeness (QED) is 0.233. The summed E-state index contributed by atoms with van der Waals surface area (Å²) in [6.45, 7) is 6.98. The van der Waals surface area contributed by atoms with Gasteiger partial charge in [0, 0.05) is 13.1 Å². The summed E-state index contributed by atoms with van der Waals surface area (Å²) in [5, 5.41) is 16.3. The Balaban J connectivity index is 0.00000529. The molecule has 5 nitrogen and oxygen atoms in total. The maximum absolute atomic E-state index is 12.1. The molecule has 7 heteroatoms. The van der Waals surface area contributed by atoms with E-state index < -0.39 is 6.10 Å². The standard InChI is InChI=1S/C17H28FN3O2.HI/c1-4-19-17(20-11-5-10-18)21-12-16(22)14-6-8-15(9-7-14)23-13(2)3;/h6-9,13,16,22H,4-5,10-12H2,1-3H3,(H2,19,20,21);1H. The molecule has 0 aliphatic rings. The van der Waals surface area contributed by atoms with Crippen LogP contribution >= 0.6 is 24.0 Å². The lowest BCUT2D eigenvalue weighted by Gasteiger charge is -2.14. The SMILES string of the molecule is CCNC(=NCC(O)c1ccc(OC(C)C)cc1)NCCCF.I. The Morgan fingerprint density at radius 2 is 1.92 bits per heavy atom. The first-order valence-corrected chi connectivity index (χ1v) is 8.09. The highest BCUT2D eigenvalue weighted by Gasteiger charge is 2.08. The lowest BCUT2D eigenvalue weighted by atomic mass is 10.1. The lowest BCUT2D eigenvalue weighted by molar-refractivity contribution is 0.186. The molecule has 3 N–H and O–H groups in total. The van der Waals surface area contributed by atoms with Crippen molar-refractivity contribution < 1.29 is 14.2 Å². The number of guanidine groups is 1. The molecular formula is C17H29FIN3O2. The van der Waals surface area contributed by atoms with Crippen molar-refractivity contribution in [1.29, 1.82) is 0 Å². The van der Waals surface area contributed by atoms with E-state index in [-0.39, 0.29) is 43.3 Å². The van der Waals surface area contributed by atoms with Crippen LogP contribution in [0.3, 0.4) is 0 Å². The van der Waals surface area contributed by atoms with Crippen molar-refractivity contribution in [2.24, 2.45) is 4.99 Å². The maximum Gasteiger partial charge on any atom is 0.191 e. The molecule has 138 valence electrons. The van der Waals surface area contributed by atoms with Gasteiger partial charge < -0.3 is 20.5 Å². The number of hydrogen-bond acceptors (Lipinski definition) is 3. The number of aliphatic imine (C=N–C) groups is 1. The zero-order chi connectivity index (χ0) is 17.1. The van der Waals surface area contributed by atoms with Gasteiger partial charge >= 0.3 is 0 Å². The number of nitrogens with one attached hydrogen (secondary N) is 2. The van der Waals surface area contributed by atoms with E-state index in [1.165, 1.54) is 0 Å². The summed E-state index contributed by atoms with van der Waals surface area (Å²) in [6.07, 6.45) is -0.141. The highest BCUT2D eigenvalue weighted by Crippen LogP contribution is 2.19. The third kappa shape index (κ3) is 9.27. The molecule has 0 aliphatic carbocycles. The predicted octanol–water partition coefficient (Wildman–Crippen LogP) is 3.04. The Hall–Kier alpha value is -1.09. The summed E-state index contributed by atoms with van der Waals surface area (Å²) in [6, 6.07) is 7.35. The van der Waals surface area contributed by atoms with Gasteiger partial charge in [-0.25, -0.2) is 0 Å². The van der Waals surface area contributed by atoms with Crippen LogP contribution in [0.25, 0.3) is 0 Å². The van der Waals surface area contributed by atoms with Gasteiger partial charge in [-0.15, -0.1) is 24.0 Å². The number of ether oxygens (including phenoxy) is 1. The summed E-state index contributed by atoms with van der Waals surface area (Å²) in [4.78, 5) is 4.32. The van der Waals surface area contributed by atoms with Crippen LogP contribution in [0.15, 0.2) is 29.3 Å². The van der Waals surface area contributed by atoms with E-state index in [1.807, 2.05) is 45.0 Å². The summed E-state index contributed by atoms with van der Waals surface area (Å²) in [7, 11) is 0. The Kier molecular flexibility index (Phi) is 12.6. The van der Waals surface area contributed by atoms with Gasteiger partial charge in [-0.1, -0.05) is 12.1 Å². The van der Waals surface area contributed by atoms with Crippen molar-refractivity contribution in [1.82, 2.24) is 10.6 Å². The predicted molar refractivity (Wildman–Crippen MR) is 107 cm³/mol. The van der Waals surface area contributed by atoms with Crippen molar-refractivity contribution in [3.63, 3.8) is 0 Å². The number of aliphatic hydroxyl groups is 1. The second-order valence-corrected chi connectivity index (χ2v) is 5.44. The normalized spacial score (nSPS) is 12.5. The molecule has 0 radical (unpaired) electrons. The molecule has 0 spiro atoms. The van der Waals surface area contributed by atoms with Gasteiger partial charge in [-0.3, -0.25) is 9.38 Å². The lowest BCUT2D eigenvalue weighted by Crippen LogP contribution is -2.38. The monoisotopic (exact) mass is 453 g/mol. The number of alkyl halides is 1. The second-order valence-electron chi connectivity index (χ2n) is 5.44. The van der Waals surface area contributed by atoms with Crippen molar-refractivity contribution in [3.8, 4) is 5.75 Å². The molecule has 1 aromatic rings. The molecule has 1 aromatic carbocycles. The van der Waals surface area contributed by atoms with Crippen LogP contribution in [-0.4, -0.2) is 43.5 Å². The van der Waals surface area contributed by atoms with Crippen molar-refractivity contribution in [2.45, 2.75) is 39.4 Å². The first-order chi connectivity index (χ1) is 11.1. The highest BCUT2D eigenvalue weighted by molar-refractivity contribution is 14.0. The Morgan fingerprint density at radius 1 is 1.25 bits per heavy atom. The van der Waals surface area contributed by atoms with E-state index in [0.29, 0.717) is 25.5 Å². The van der Waals surface area contributed by atoms with Gasteiger partial charge in [0.1, 0.15) is 5.75 Å². The molecule has 0 fully saturated rings. The van der Waals surface area contributed by atoms with E-state index in [2.05, 4.69) is 15.6 Å². The fourth-order valence-corrected chi connectivity index (χ4v) is 1.94. The van der Waals surface area contributed by atoms with Gasteiger partial charge in [0.25, 0.3) is 0 Å². The van der Waals surface area contributed by atoms with E-state index >= 15 is 0 Å². The fourth-order valence-electron chi connectivity index (χ4n) is 1.94. The summed E-state index contributed by atoms with van der Waals surface area (Å²) in [5.74, 6) is 1.36. The van der Waals surface area contributed by atoms with Gasteiger partial charge in [0.05, 0.1) is 25.4 Å². The van der Waals surface area contributed by atoms with Crippen LogP contribution in [0.1, 0.15) is 38.9 Å². The minimum Gasteiger partial charge on any atom is -0.491 e. The maximum atomic E-state index is 12.1. The highest BCUT2D eigenvalue weighted by atomic mass is 127. The molecule has 0 saturated heterocycles. The molecule has 1 atom stereocenters. The van der Waals surface area contributed by atoms with Gasteiger partial charge in [-0.05, 0) is 44.9 Å². The topological polar surface area (TPSA) is 65.9 Å². The van der Waals surface area contributed by atoms with Gasteiger partial charge in [0.2, 0.25) is 0 Å². The van der Waals surface area contributed by atoms with Crippen LogP contribution in [-0.2, 0) is 0 Å². The summed E-state index contributed by atoms with van der Waals surface area (Å²) < 4.78 is 17.7. The van der Waals surface area contributed by atoms with E-state index in [1.54, 1.807) is 0 Å². The van der Waals surface area contributed by atoms with E-state index in [4.69, 9.17) is 4.74 Å². The molecule has 1 unspecified atom stereocenters. The number of hydrogen-bond donors (Lipinski definition) is 3. The first kappa shape index (κ1) is 22.9. The minimum absolute atomic E-state index is 0. The van der Waals surface area contributed by atoms with Crippen LogP contribution in [0.5, 0.6) is 5.75 Å². The van der Waals surface area contributed by atoms with E-state index in [9.17, 15) is 9.50 Å². The molecule has 0 aliphatic heterocycles. The van der Waals surface area contributed by atoms with Crippen molar-refractivity contribution in [3.05, 3.63) is 29.8 Å². The van der Waals surface area contributed by atoms with Crippen molar-refractivity contribution in [2.75, 3.05) is 26.3 Å². The van der Waals surface area contributed by atoms with Crippen LogP contribution < -0.4 is 15.4 Å². The molecule has 0 amide bonds. The fraction of sp³-hybridized carbons (Fsp3) is 0.588. The summed E-state index contributed by atoms with van der Waals surface area (Å²) >= 11 is 0. The Morgan fingerprint density at radius 3 is 2.46 bits per heavy atom. The third-order valence-corrected chi connectivity index (χ3v) is 3.01. The Labute approximate surface area is 161 Å². The molecule has 0 bridgehead atoms. The smallest absolute Gasteiger partial charge is 0.191 e. The number of halogens is 2. The largest absolute Gasteiger partial charge is 0.491 e. The molecule has 0 aromatic heterocycles. The molecule has 0 saturated carbocycles. The number of rotatable bonds is 9. The zero-order valence-electron chi connectivity index (χ0n) is 14.6. The minimum atomic E-state index is -0.695.